The lowest BCUT2D eigenvalue weighted by atomic mass is 10.2. The maximum Gasteiger partial charge on any atom is 0.306 e. The number of hydrogen-bond acceptors (Lipinski definition) is 6. The lowest BCUT2D eigenvalue weighted by Crippen LogP contribution is -2.14. The van der Waals surface area contributed by atoms with Crippen LogP contribution in [0, 0.1) is 6.92 Å². The number of hydrogen-bond donors (Lipinski definition) is 0. The zero-order valence-corrected chi connectivity index (χ0v) is 14.6. The minimum absolute atomic E-state index is 0.00120. The van der Waals surface area contributed by atoms with Gasteiger partial charge < -0.3 is 9.47 Å². The molecule has 0 aliphatic rings. The summed E-state index contributed by atoms with van der Waals surface area (Å²) in [5.74, 6) is 0.461. The molecule has 0 N–H and O–H groups in total. The molecular formula is C18H18N2O4S. The summed E-state index contributed by atoms with van der Waals surface area (Å²) >= 11 is 1.36. The Balaban J connectivity index is 1.42. The normalized spacial score (nSPS) is 10.8. The predicted octanol–water partition coefficient (Wildman–Crippen LogP) is 2.97. The van der Waals surface area contributed by atoms with Gasteiger partial charge in [-0.2, -0.15) is 0 Å². The second-order valence-electron chi connectivity index (χ2n) is 5.57. The summed E-state index contributed by atoms with van der Waals surface area (Å²) in [6.07, 6.45) is 2.48. The van der Waals surface area contributed by atoms with E-state index < -0.39 is 0 Å². The largest absolute Gasteiger partial charge is 0.494 e. The quantitative estimate of drug-likeness (QED) is 0.480. The first kappa shape index (κ1) is 17.2. The minimum Gasteiger partial charge on any atom is -0.494 e. The van der Waals surface area contributed by atoms with Crippen LogP contribution in [0.15, 0.2) is 46.7 Å². The lowest BCUT2D eigenvalue weighted by Gasteiger charge is -2.07. The Morgan fingerprint density at radius 1 is 1.32 bits per heavy atom. The third-order valence-corrected chi connectivity index (χ3v) is 4.28. The van der Waals surface area contributed by atoms with E-state index in [0.717, 1.165) is 11.3 Å². The van der Waals surface area contributed by atoms with Crippen LogP contribution in [0.1, 0.15) is 24.1 Å². The van der Waals surface area contributed by atoms with Crippen molar-refractivity contribution >= 4 is 22.3 Å². The molecule has 3 rings (SSSR count). The van der Waals surface area contributed by atoms with Crippen LogP contribution in [-0.4, -0.2) is 22.0 Å². The van der Waals surface area contributed by atoms with Gasteiger partial charge in [0, 0.05) is 24.1 Å². The molecule has 0 radical (unpaired) electrons. The van der Waals surface area contributed by atoms with Crippen molar-refractivity contribution in [3.63, 3.8) is 0 Å². The van der Waals surface area contributed by atoms with E-state index in [1.54, 1.807) is 11.6 Å². The van der Waals surface area contributed by atoms with E-state index in [1.165, 1.54) is 21.8 Å². The molecule has 2 aromatic heterocycles. The number of ether oxygens (including phenoxy) is 2. The first-order valence-corrected chi connectivity index (χ1v) is 8.81. The van der Waals surface area contributed by atoms with Crippen molar-refractivity contribution in [2.24, 2.45) is 0 Å². The third kappa shape index (κ3) is 4.67. The van der Waals surface area contributed by atoms with Crippen molar-refractivity contribution in [2.75, 3.05) is 6.61 Å². The van der Waals surface area contributed by atoms with Crippen molar-refractivity contribution in [3.8, 4) is 5.75 Å². The summed E-state index contributed by atoms with van der Waals surface area (Å²) in [5, 5.41) is 1.79. The molecule has 25 heavy (non-hydrogen) atoms. The minimum atomic E-state index is -0.332. The molecule has 0 spiro atoms. The number of rotatable bonds is 7. The zero-order chi connectivity index (χ0) is 17.6. The molecule has 6 nitrogen and oxygen atoms in total. The second kappa shape index (κ2) is 7.94. The zero-order valence-electron chi connectivity index (χ0n) is 13.8. The van der Waals surface area contributed by atoms with Gasteiger partial charge in [0.1, 0.15) is 12.4 Å². The maximum atomic E-state index is 11.8. The van der Waals surface area contributed by atoms with E-state index >= 15 is 0 Å². The Morgan fingerprint density at radius 3 is 3.04 bits per heavy atom. The summed E-state index contributed by atoms with van der Waals surface area (Å²) < 4.78 is 12.2. The van der Waals surface area contributed by atoms with Gasteiger partial charge in [0.15, 0.2) is 4.96 Å². The maximum absolute atomic E-state index is 11.8. The first-order chi connectivity index (χ1) is 12.1. The second-order valence-corrected chi connectivity index (χ2v) is 6.44. The monoisotopic (exact) mass is 358 g/mol. The molecule has 7 heteroatoms. The van der Waals surface area contributed by atoms with Gasteiger partial charge in [0.25, 0.3) is 5.56 Å². The van der Waals surface area contributed by atoms with Gasteiger partial charge in [-0.15, -0.1) is 11.3 Å². The number of benzene rings is 1. The highest BCUT2D eigenvalue weighted by molar-refractivity contribution is 7.15. The number of carbonyl (C=O) groups is 1. The fourth-order valence-electron chi connectivity index (χ4n) is 2.30. The van der Waals surface area contributed by atoms with Crippen molar-refractivity contribution in [1.82, 2.24) is 9.38 Å². The van der Waals surface area contributed by atoms with Gasteiger partial charge in [-0.05, 0) is 31.0 Å². The van der Waals surface area contributed by atoms with Crippen LogP contribution in [0.2, 0.25) is 0 Å². The molecule has 0 amide bonds. The molecule has 130 valence electrons. The third-order valence-electron chi connectivity index (χ3n) is 3.52. The number of aromatic nitrogens is 2. The Bertz CT molecular complexity index is 932. The Kier molecular flexibility index (Phi) is 5.45. The van der Waals surface area contributed by atoms with E-state index in [-0.39, 0.29) is 24.6 Å². The molecule has 0 aliphatic carbocycles. The summed E-state index contributed by atoms with van der Waals surface area (Å²) in [4.78, 5) is 28.5. The molecule has 0 aliphatic heterocycles. The van der Waals surface area contributed by atoms with E-state index in [2.05, 4.69) is 4.98 Å². The molecule has 2 heterocycles. The first-order valence-electron chi connectivity index (χ1n) is 7.93. The fourth-order valence-corrected chi connectivity index (χ4v) is 3.04. The van der Waals surface area contributed by atoms with Gasteiger partial charge in [-0.3, -0.25) is 14.0 Å². The Morgan fingerprint density at radius 2 is 2.20 bits per heavy atom. The fraction of sp³-hybridized carbons (Fsp3) is 0.278. The molecule has 0 fully saturated rings. The van der Waals surface area contributed by atoms with Crippen molar-refractivity contribution in [3.05, 3.63) is 63.5 Å². The van der Waals surface area contributed by atoms with E-state index in [0.29, 0.717) is 23.7 Å². The van der Waals surface area contributed by atoms with Crippen LogP contribution in [0.4, 0.5) is 0 Å². The highest BCUT2D eigenvalue weighted by Crippen LogP contribution is 2.13. The summed E-state index contributed by atoms with van der Waals surface area (Å²) in [6, 6.07) is 9.14. The van der Waals surface area contributed by atoms with E-state index in [4.69, 9.17) is 9.47 Å². The van der Waals surface area contributed by atoms with Crippen LogP contribution >= 0.6 is 11.3 Å². The van der Waals surface area contributed by atoms with Gasteiger partial charge in [0.2, 0.25) is 0 Å². The average Bonchev–Trinajstić information content (AvgIpc) is 3.06. The highest BCUT2D eigenvalue weighted by Gasteiger charge is 2.07. The van der Waals surface area contributed by atoms with Crippen LogP contribution in [0.5, 0.6) is 5.75 Å². The van der Waals surface area contributed by atoms with Gasteiger partial charge in [-0.25, -0.2) is 4.98 Å². The van der Waals surface area contributed by atoms with Crippen LogP contribution in [0.3, 0.4) is 0 Å². The average molecular weight is 358 g/mol. The topological polar surface area (TPSA) is 69.9 Å². The number of esters is 1. The smallest absolute Gasteiger partial charge is 0.306 e. The summed E-state index contributed by atoms with van der Waals surface area (Å²) in [7, 11) is 0. The van der Waals surface area contributed by atoms with Gasteiger partial charge in [0.05, 0.1) is 12.3 Å². The summed E-state index contributed by atoms with van der Waals surface area (Å²) in [5.41, 5.74) is 1.41. The molecule has 0 unspecified atom stereocenters. The van der Waals surface area contributed by atoms with Crippen molar-refractivity contribution in [2.45, 2.75) is 26.4 Å². The number of aryl methyl sites for hydroxylation is 1. The number of fused-ring (bicyclic) bond motifs is 1. The molecule has 3 aromatic rings. The molecule has 0 bridgehead atoms. The predicted molar refractivity (Wildman–Crippen MR) is 95.0 cm³/mol. The van der Waals surface area contributed by atoms with Gasteiger partial charge in [-0.1, -0.05) is 12.1 Å². The molecule has 0 atom stereocenters. The summed E-state index contributed by atoms with van der Waals surface area (Å²) in [6.45, 7) is 2.44. The number of nitrogens with zero attached hydrogens (tertiary/aromatic N) is 2. The van der Waals surface area contributed by atoms with Gasteiger partial charge >= 0.3 is 5.97 Å². The molecule has 1 aromatic carbocycles. The SMILES string of the molecule is Cc1cccc(OCCCC(=O)OCc2cc(=O)n3ccsc3n2)c1. The van der Waals surface area contributed by atoms with E-state index in [1.807, 2.05) is 31.2 Å². The van der Waals surface area contributed by atoms with Crippen LogP contribution in [0.25, 0.3) is 4.96 Å². The standard InChI is InChI=1S/C18H18N2O4S/c1-13-4-2-5-15(10-13)23-8-3-6-17(22)24-12-14-11-16(21)20-7-9-25-18(20)19-14/h2,4-5,7,9-11H,3,6,8,12H2,1H3. The van der Waals surface area contributed by atoms with Crippen molar-refractivity contribution < 1.29 is 14.3 Å². The van der Waals surface area contributed by atoms with Crippen LogP contribution in [-0.2, 0) is 16.1 Å². The number of carbonyl (C=O) groups excluding carboxylic acids is 1. The Labute approximate surface area is 148 Å². The highest BCUT2D eigenvalue weighted by atomic mass is 32.1. The van der Waals surface area contributed by atoms with Crippen molar-refractivity contribution in [1.29, 1.82) is 0 Å². The van der Waals surface area contributed by atoms with E-state index in [9.17, 15) is 9.59 Å². The lowest BCUT2D eigenvalue weighted by molar-refractivity contribution is -0.145. The van der Waals surface area contributed by atoms with Crippen LogP contribution < -0.4 is 10.3 Å². The molecule has 0 saturated carbocycles. The number of thiazole rings is 1. The Hall–Kier alpha value is -2.67. The molecule has 0 saturated heterocycles. The molecular weight excluding hydrogens is 340 g/mol.